The van der Waals surface area contributed by atoms with E-state index in [1.54, 1.807) is 0 Å². The summed E-state index contributed by atoms with van der Waals surface area (Å²) < 4.78 is 0. The lowest BCUT2D eigenvalue weighted by atomic mass is 10.1. The van der Waals surface area contributed by atoms with Crippen LogP contribution in [0.1, 0.15) is 25.3 Å². The molecule has 0 bridgehead atoms. The highest BCUT2D eigenvalue weighted by Gasteiger charge is 2.10. The van der Waals surface area contributed by atoms with E-state index in [4.69, 9.17) is 10.9 Å². The molecular formula is C15H25N3O. The highest BCUT2D eigenvalue weighted by atomic mass is 16.4. The van der Waals surface area contributed by atoms with Gasteiger partial charge in [-0.25, -0.2) is 0 Å². The molecule has 19 heavy (non-hydrogen) atoms. The molecule has 0 heterocycles. The number of hydrogen-bond acceptors (Lipinski definition) is 3. The van der Waals surface area contributed by atoms with Gasteiger partial charge in [0.2, 0.25) is 0 Å². The number of oxime groups is 1. The minimum atomic E-state index is 0.0872. The summed E-state index contributed by atoms with van der Waals surface area (Å²) in [4.78, 5) is 2.23. The second-order valence-electron chi connectivity index (χ2n) is 5.13. The zero-order valence-electron chi connectivity index (χ0n) is 11.9. The molecule has 1 aromatic rings. The molecule has 0 saturated carbocycles. The lowest BCUT2D eigenvalue weighted by molar-refractivity contribution is 0.291. The van der Waals surface area contributed by atoms with Crippen LogP contribution in [0.3, 0.4) is 0 Å². The third kappa shape index (κ3) is 6.25. The summed E-state index contributed by atoms with van der Waals surface area (Å²) in [7, 11) is 2.07. The van der Waals surface area contributed by atoms with Crippen molar-refractivity contribution in [3.63, 3.8) is 0 Å². The lowest BCUT2D eigenvalue weighted by Crippen LogP contribution is -2.33. The van der Waals surface area contributed by atoms with Crippen LogP contribution in [0.5, 0.6) is 0 Å². The van der Waals surface area contributed by atoms with Crippen LogP contribution >= 0.6 is 0 Å². The van der Waals surface area contributed by atoms with Crippen molar-refractivity contribution < 1.29 is 5.21 Å². The predicted molar refractivity (Wildman–Crippen MR) is 79.4 cm³/mol. The Morgan fingerprint density at radius 2 is 2.00 bits per heavy atom. The van der Waals surface area contributed by atoms with Crippen LogP contribution in [0.25, 0.3) is 0 Å². The summed E-state index contributed by atoms with van der Waals surface area (Å²) in [6, 6.07) is 10.6. The molecule has 1 atom stereocenters. The fourth-order valence-electron chi connectivity index (χ4n) is 2.11. The standard InChI is InChI=1S/C15H25N3O/c1-13(15(16)17-19)12-18(2)11-7-6-10-14-8-4-3-5-9-14/h3-5,8-9,13,19H,6-7,10-12H2,1-2H3,(H2,16,17). The van der Waals surface area contributed by atoms with Crippen molar-refractivity contribution in [2.45, 2.75) is 26.2 Å². The van der Waals surface area contributed by atoms with Gasteiger partial charge in [0.25, 0.3) is 0 Å². The van der Waals surface area contributed by atoms with Gasteiger partial charge in [0.1, 0.15) is 5.84 Å². The van der Waals surface area contributed by atoms with Gasteiger partial charge in [-0.2, -0.15) is 0 Å². The number of benzene rings is 1. The number of rotatable bonds is 8. The molecule has 1 rings (SSSR count). The van der Waals surface area contributed by atoms with E-state index in [0.717, 1.165) is 25.9 Å². The molecule has 0 aliphatic rings. The summed E-state index contributed by atoms with van der Waals surface area (Å²) in [5, 5.41) is 11.6. The molecule has 0 spiro atoms. The number of nitrogens with two attached hydrogens (primary N) is 1. The fraction of sp³-hybridized carbons (Fsp3) is 0.533. The summed E-state index contributed by atoms with van der Waals surface area (Å²) in [5.74, 6) is 0.389. The van der Waals surface area contributed by atoms with Crippen molar-refractivity contribution in [1.29, 1.82) is 0 Å². The number of aryl methyl sites for hydroxylation is 1. The van der Waals surface area contributed by atoms with Gasteiger partial charge in [-0.1, -0.05) is 42.4 Å². The van der Waals surface area contributed by atoms with E-state index in [9.17, 15) is 0 Å². The average molecular weight is 263 g/mol. The summed E-state index contributed by atoms with van der Waals surface area (Å²) in [6.07, 6.45) is 3.48. The molecule has 4 nitrogen and oxygen atoms in total. The van der Waals surface area contributed by atoms with E-state index in [1.807, 2.05) is 13.0 Å². The fourth-order valence-corrected chi connectivity index (χ4v) is 2.11. The quantitative estimate of drug-likeness (QED) is 0.249. The molecule has 0 fully saturated rings. The van der Waals surface area contributed by atoms with Gasteiger partial charge in [-0.05, 0) is 38.4 Å². The Balaban J connectivity index is 2.15. The molecule has 0 aromatic heterocycles. The van der Waals surface area contributed by atoms with E-state index in [0.29, 0.717) is 5.84 Å². The van der Waals surface area contributed by atoms with E-state index < -0.39 is 0 Å². The van der Waals surface area contributed by atoms with Crippen molar-refractivity contribution in [1.82, 2.24) is 4.90 Å². The zero-order valence-corrected chi connectivity index (χ0v) is 11.9. The van der Waals surface area contributed by atoms with Gasteiger partial charge in [0.15, 0.2) is 0 Å². The van der Waals surface area contributed by atoms with Gasteiger partial charge in [0, 0.05) is 12.5 Å². The Morgan fingerprint density at radius 1 is 1.32 bits per heavy atom. The minimum Gasteiger partial charge on any atom is -0.409 e. The van der Waals surface area contributed by atoms with Crippen LogP contribution < -0.4 is 5.73 Å². The Labute approximate surface area is 115 Å². The lowest BCUT2D eigenvalue weighted by Gasteiger charge is -2.20. The predicted octanol–water partition coefficient (Wildman–Crippen LogP) is 2.32. The Bertz CT molecular complexity index is 378. The first-order valence-electron chi connectivity index (χ1n) is 6.83. The van der Waals surface area contributed by atoms with Crippen LogP contribution in [0, 0.1) is 5.92 Å². The van der Waals surface area contributed by atoms with E-state index in [2.05, 4.69) is 41.4 Å². The monoisotopic (exact) mass is 263 g/mol. The Morgan fingerprint density at radius 3 is 2.63 bits per heavy atom. The second kappa shape index (κ2) is 8.53. The zero-order chi connectivity index (χ0) is 14.1. The molecule has 0 amide bonds. The normalized spacial score (nSPS) is 13.7. The number of hydrogen-bond donors (Lipinski definition) is 2. The molecule has 4 heteroatoms. The molecule has 1 unspecified atom stereocenters. The third-order valence-corrected chi connectivity index (χ3v) is 3.30. The summed E-state index contributed by atoms with van der Waals surface area (Å²) in [6.45, 7) is 3.83. The van der Waals surface area contributed by atoms with Crippen molar-refractivity contribution in [3.05, 3.63) is 35.9 Å². The van der Waals surface area contributed by atoms with Crippen LogP contribution in [-0.4, -0.2) is 36.1 Å². The van der Waals surface area contributed by atoms with Crippen molar-refractivity contribution in [2.75, 3.05) is 20.1 Å². The largest absolute Gasteiger partial charge is 0.409 e. The van der Waals surface area contributed by atoms with E-state index in [1.165, 1.54) is 12.0 Å². The van der Waals surface area contributed by atoms with Crippen LogP contribution in [0.15, 0.2) is 35.5 Å². The maximum atomic E-state index is 8.60. The first-order valence-corrected chi connectivity index (χ1v) is 6.83. The van der Waals surface area contributed by atoms with Gasteiger partial charge in [-0.15, -0.1) is 0 Å². The van der Waals surface area contributed by atoms with Gasteiger partial charge < -0.3 is 15.8 Å². The molecular weight excluding hydrogens is 238 g/mol. The first kappa shape index (κ1) is 15.5. The van der Waals surface area contributed by atoms with E-state index in [-0.39, 0.29) is 5.92 Å². The van der Waals surface area contributed by atoms with Crippen LogP contribution in [-0.2, 0) is 6.42 Å². The second-order valence-corrected chi connectivity index (χ2v) is 5.13. The molecule has 3 N–H and O–H groups in total. The first-order chi connectivity index (χ1) is 9.13. The smallest absolute Gasteiger partial charge is 0.143 e. The van der Waals surface area contributed by atoms with Crippen molar-refractivity contribution in [2.24, 2.45) is 16.8 Å². The Hall–Kier alpha value is -1.55. The number of unbranched alkanes of at least 4 members (excludes halogenated alkanes) is 1. The highest BCUT2D eigenvalue weighted by molar-refractivity contribution is 5.82. The Kier molecular flexibility index (Phi) is 6.97. The highest BCUT2D eigenvalue weighted by Crippen LogP contribution is 2.06. The van der Waals surface area contributed by atoms with Gasteiger partial charge >= 0.3 is 0 Å². The minimum absolute atomic E-state index is 0.0872. The summed E-state index contributed by atoms with van der Waals surface area (Å²) >= 11 is 0. The van der Waals surface area contributed by atoms with Crippen molar-refractivity contribution >= 4 is 5.84 Å². The number of amidine groups is 1. The van der Waals surface area contributed by atoms with Crippen LogP contribution in [0.2, 0.25) is 0 Å². The van der Waals surface area contributed by atoms with Gasteiger partial charge in [-0.3, -0.25) is 0 Å². The number of nitrogens with zero attached hydrogens (tertiary/aromatic N) is 2. The molecule has 0 aliphatic heterocycles. The average Bonchev–Trinajstić information content (AvgIpc) is 2.43. The molecule has 1 aromatic carbocycles. The topological polar surface area (TPSA) is 61.8 Å². The summed E-state index contributed by atoms with van der Waals surface area (Å²) in [5.41, 5.74) is 6.97. The molecule has 0 aliphatic carbocycles. The molecule has 106 valence electrons. The van der Waals surface area contributed by atoms with Crippen molar-refractivity contribution in [3.8, 4) is 0 Å². The van der Waals surface area contributed by atoms with Gasteiger partial charge in [0.05, 0.1) is 0 Å². The maximum absolute atomic E-state index is 8.60. The third-order valence-electron chi connectivity index (χ3n) is 3.30. The SMILES string of the molecule is CC(CN(C)CCCCc1ccccc1)/C(N)=N/O. The molecule has 0 radical (unpaired) electrons. The molecule has 0 saturated heterocycles. The maximum Gasteiger partial charge on any atom is 0.143 e. The van der Waals surface area contributed by atoms with Crippen LogP contribution in [0.4, 0.5) is 0 Å². The van der Waals surface area contributed by atoms with E-state index >= 15 is 0 Å².